The van der Waals surface area contributed by atoms with Gasteiger partial charge in [0.05, 0.1) is 0 Å². The first-order chi connectivity index (χ1) is 3.93. The van der Waals surface area contributed by atoms with Gasteiger partial charge in [-0.1, -0.05) is 6.07 Å². The van der Waals surface area contributed by atoms with Crippen LogP contribution in [-0.4, -0.2) is 4.98 Å². The molecule has 0 spiro atoms. The first-order valence-electron chi connectivity index (χ1n) is 2.48. The van der Waals surface area contributed by atoms with Crippen molar-refractivity contribution >= 4 is 19.8 Å². The van der Waals surface area contributed by atoms with Crippen molar-refractivity contribution in [1.29, 1.82) is 0 Å². The molecule has 0 saturated carbocycles. The van der Waals surface area contributed by atoms with E-state index in [-0.39, 0.29) is 86.0 Å². The zero-order valence-electron chi connectivity index (χ0n) is 7.81. The number of hydrogen-bond donors (Lipinski definition) is 0. The molecule has 1 N–H and O–H groups in total. The van der Waals surface area contributed by atoms with Gasteiger partial charge in [0.25, 0.3) is 0 Å². The predicted molar refractivity (Wildman–Crippen MR) is 60.9 cm³/mol. The predicted octanol–water partition coefficient (Wildman–Crippen LogP) is 2.20. The minimum Gasteiger partial charge on any atom is -0.672 e. The minimum atomic E-state index is 0. The monoisotopic (exact) mass is 381 g/mol. The zero-order chi connectivity index (χ0) is 5.82. The largest absolute Gasteiger partial charge is 2.00 e. The number of pyridine rings is 1. The molecule has 1 aromatic rings. The van der Waals surface area contributed by atoms with Gasteiger partial charge >= 0.3 is 19.5 Å². The Bertz CT molecular complexity index is 166. The molecular weight excluding hydrogens is 364 g/mol. The maximum atomic E-state index is 6.88. The number of hydrogen-bond acceptors (Lipinski definition) is 1. The molecule has 1 rings (SSSR count). The zero-order valence-corrected chi connectivity index (χ0v) is 15.2. The van der Waals surface area contributed by atoms with Crippen molar-refractivity contribution in [3.8, 4) is 0 Å². The molecular formula is C7H16N2P2RuY. The van der Waals surface area contributed by atoms with Crippen LogP contribution in [0.2, 0.25) is 0 Å². The van der Waals surface area contributed by atoms with Crippen molar-refractivity contribution in [1.82, 2.24) is 4.98 Å². The Labute approximate surface area is 125 Å². The molecule has 6 heteroatoms. The molecule has 1 radical (unpaired) electrons. The summed E-state index contributed by atoms with van der Waals surface area (Å²) in [5.41, 5.74) is 7.71. The topological polar surface area (TPSA) is 36.7 Å². The number of aromatic nitrogens is 1. The number of nitrogens with one attached hydrogen (secondary N) is 1. The fraction of sp³-hybridized carbons (Fsp3) is 0.143. The van der Waals surface area contributed by atoms with Crippen molar-refractivity contribution in [3.05, 3.63) is 43.3 Å². The Morgan fingerprint density at radius 3 is 2.00 bits per heavy atom. The van der Waals surface area contributed by atoms with Crippen molar-refractivity contribution in [3.63, 3.8) is 0 Å². The van der Waals surface area contributed by atoms with Crippen LogP contribution in [0.4, 0.5) is 0 Å². The van der Waals surface area contributed by atoms with Crippen LogP contribution in [0.15, 0.2) is 24.4 Å². The molecule has 0 fully saturated rings. The molecule has 1 heterocycles. The smallest absolute Gasteiger partial charge is 0.672 e. The van der Waals surface area contributed by atoms with Crippen molar-refractivity contribution in [2.45, 2.75) is 6.54 Å². The van der Waals surface area contributed by atoms with Gasteiger partial charge in [-0.2, -0.15) is 19.8 Å². The third-order valence-corrected chi connectivity index (χ3v) is 0.907. The Hall–Kier alpha value is 1.70. The van der Waals surface area contributed by atoms with E-state index < -0.39 is 0 Å². The fourth-order valence-corrected chi connectivity index (χ4v) is 0.503. The van der Waals surface area contributed by atoms with Crippen LogP contribution in [-0.2, 0) is 58.7 Å². The summed E-state index contributed by atoms with van der Waals surface area (Å²) in [5.74, 6) is 0. The summed E-state index contributed by atoms with van der Waals surface area (Å²) < 4.78 is 0. The standard InChI is InChI=1S/C6H7N2.CH3.2H3P.Ru.Y/c7-5-6-3-1-2-4-8-6;;;;;/h1-4,7H,5H2;3*1H3;;/q2*-1;;;+2;. The first-order valence-corrected chi connectivity index (χ1v) is 2.48. The fourth-order valence-electron chi connectivity index (χ4n) is 0.503. The molecule has 1 aromatic heterocycles. The summed E-state index contributed by atoms with van der Waals surface area (Å²) in [6.45, 7) is 0.279. The van der Waals surface area contributed by atoms with Gasteiger partial charge in [0.1, 0.15) is 0 Å². The summed E-state index contributed by atoms with van der Waals surface area (Å²) in [6.07, 6.45) is 1.70. The summed E-state index contributed by atoms with van der Waals surface area (Å²) in [4.78, 5) is 3.91. The SMILES string of the molecule is P.P.[CH3-].[NH-]Cc1ccccn1.[Ru+2].[Y]. The molecule has 75 valence electrons. The van der Waals surface area contributed by atoms with E-state index in [0.29, 0.717) is 0 Å². The summed E-state index contributed by atoms with van der Waals surface area (Å²) in [5, 5.41) is 0. The quantitative estimate of drug-likeness (QED) is 0.418. The Kier molecular flexibility index (Phi) is 43.5. The second-order valence-electron chi connectivity index (χ2n) is 1.50. The second kappa shape index (κ2) is 19.3. The molecule has 0 aliphatic carbocycles. The van der Waals surface area contributed by atoms with Crippen LogP contribution in [0.5, 0.6) is 0 Å². The third-order valence-electron chi connectivity index (χ3n) is 0.907. The summed E-state index contributed by atoms with van der Waals surface area (Å²) >= 11 is 0. The van der Waals surface area contributed by atoms with Crippen molar-refractivity contribution in [2.75, 3.05) is 0 Å². The molecule has 2 atom stereocenters. The van der Waals surface area contributed by atoms with Gasteiger partial charge in [-0.3, -0.25) is 4.98 Å². The molecule has 0 aliphatic rings. The van der Waals surface area contributed by atoms with E-state index in [4.69, 9.17) is 5.73 Å². The molecule has 0 amide bonds. The van der Waals surface area contributed by atoms with Gasteiger partial charge in [0.15, 0.2) is 0 Å². The molecule has 0 bridgehead atoms. The average Bonchev–Trinajstić information content (AvgIpc) is 1.90. The molecule has 0 aliphatic heterocycles. The van der Waals surface area contributed by atoms with Crippen molar-refractivity contribution in [2.24, 2.45) is 0 Å². The van der Waals surface area contributed by atoms with Gasteiger partial charge in [-0.05, 0) is 12.1 Å². The summed E-state index contributed by atoms with van der Waals surface area (Å²) in [6, 6.07) is 5.57. The number of nitrogens with zero attached hydrogens (tertiary/aromatic N) is 1. The Morgan fingerprint density at radius 1 is 1.23 bits per heavy atom. The van der Waals surface area contributed by atoms with E-state index in [1.807, 2.05) is 18.2 Å². The minimum absolute atomic E-state index is 0. The third kappa shape index (κ3) is 13.7. The Morgan fingerprint density at radius 2 is 1.77 bits per heavy atom. The van der Waals surface area contributed by atoms with Gasteiger partial charge in [0, 0.05) is 44.6 Å². The molecule has 0 saturated heterocycles. The van der Waals surface area contributed by atoms with Gasteiger partial charge in [0.2, 0.25) is 0 Å². The van der Waals surface area contributed by atoms with Crippen LogP contribution in [0.1, 0.15) is 5.69 Å². The van der Waals surface area contributed by atoms with Crippen molar-refractivity contribution < 1.29 is 52.2 Å². The first kappa shape index (κ1) is 29.3. The molecule has 2 unspecified atom stereocenters. The van der Waals surface area contributed by atoms with E-state index in [1.165, 1.54) is 0 Å². The van der Waals surface area contributed by atoms with E-state index in [9.17, 15) is 0 Å². The summed E-state index contributed by atoms with van der Waals surface area (Å²) in [7, 11) is 0. The molecule has 2 nitrogen and oxygen atoms in total. The van der Waals surface area contributed by atoms with Crippen LogP contribution >= 0.6 is 19.8 Å². The van der Waals surface area contributed by atoms with Gasteiger partial charge in [-0.15, -0.1) is 6.54 Å². The van der Waals surface area contributed by atoms with Gasteiger partial charge in [-0.25, -0.2) is 0 Å². The average molecular weight is 380 g/mol. The van der Waals surface area contributed by atoms with Crippen LogP contribution in [0.3, 0.4) is 0 Å². The maximum absolute atomic E-state index is 6.88. The van der Waals surface area contributed by atoms with E-state index in [2.05, 4.69) is 4.98 Å². The van der Waals surface area contributed by atoms with Crippen LogP contribution < -0.4 is 0 Å². The molecule has 13 heavy (non-hydrogen) atoms. The van der Waals surface area contributed by atoms with Crippen LogP contribution in [0.25, 0.3) is 5.73 Å². The van der Waals surface area contributed by atoms with E-state index >= 15 is 0 Å². The normalized spacial score (nSPS) is 5.62. The number of rotatable bonds is 1. The van der Waals surface area contributed by atoms with E-state index in [0.717, 1.165) is 5.69 Å². The Balaban J connectivity index is -0.0000000427. The maximum Gasteiger partial charge on any atom is 2.00 e. The van der Waals surface area contributed by atoms with Crippen LogP contribution in [0, 0.1) is 7.43 Å². The van der Waals surface area contributed by atoms with Gasteiger partial charge < -0.3 is 13.2 Å². The van der Waals surface area contributed by atoms with E-state index in [1.54, 1.807) is 6.20 Å². The molecule has 0 aromatic carbocycles. The second-order valence-corrected chi connectivity index (χ2v) is 1.50.